The molecule has 5 rings (SSSR count). The van der Waals surface area contributed by atoms with Gasteiger partial charge in [-0.25, -0.2) is 4.98 Å². The number of aromatic amines is 1. The third-order valence-electron chi connectivity index (χ3n) is 6.47. The highest BCUT2D eigenvalue weighted by Crippen LogP contribution is 2.39. The Hall–Kier alpha value is -2.69. The molecule has 0 aliphatic carbocycles. The number of piperidine rings is 1. The van der Waals surface area contributed by atoms with E-state index < -0.39 is 0 Å². The minimum atomic E-state index is -0.202. The molecule has 5 N–H and O–H groups in total. The van der Waals surface area contributed by atoms with Crippen LogP contribution in [-0.4, -0.2) is 57.1 Å². The molecule has 1 unspecified atom stereocenters. The van der Waals surface area contributed by atoms with E-state index in [1.165, 1.54) is 6.20 Å². The van der Waals surface area contributed by atoms with Gasteiger partial charge < -0.3 is 21.1 Å². The highest BCUT2D eigenvalue weighted by atomic mass is 35.5. The van der Waals surface area contributed by atoms with Crippen LogP contribution < -0.4 is 21.9 Å². The summed E-state index contributed by atoms with van der Waals surface area (Å²) in [7, 11) is 1.72. The highest BCUT2D eigenvalue weighted by Gasteiger charge is 2.44. The van der Waals surface area contributed by atoms with Crippen molar-refractivity contribution in [1.82, 2.24) is 24.7 Å². The first-order valence-electron chi connectivity index (χ1n) is 9.85. The van der Waals surface area contributed by atoms with E-state index in [4.69, 9.17) is 27.8 Å². The van der Waals surface area contributed by atoms with E-state index in [0.29, 0.717) is 41.5 Å². The van der Waals surface area contributed by atoms with Gasteiger partial charge in [0.2, 0.25) is 5.95 Å². The van der Waals surface area contributed by atoms with Crippen LogP contribution in [0, 0.1) is 5.41 Å². The van der Waals surface area contributed by atoms with Crippen molar-refractivity contribution >= 4 is 34.4 Å². The van der Waals surface area contributed by atoms with Crippen molar-refractivity contribution in [2.75, 3.05) is 36.9 Å². The van der Waals surface area contributed by atoms with Gasteiger partial charge in [0, 0.05) is 43.4 Å². The lowest BCUT2D eigenvalue weighted by Crippen LogP contribution is -2.50. The van der Waals surface area contributed by atoms with Crippen LogP contribution in [0.15, 0.2) is 17.1 Å². The lowest BCUT2D eigenvalue weighted by molar-refractivity contribution is 0.131. The van der Waals surface area contributed by atoms with Crippen molar-refractivity contribution in [2.45, 2.75) is 18.9 Å². The summed E-state index contributed by atoms with van der Waals surface area (Å²) in [6.07, 6.45) is 3.34. The van der Waals surface area contributed by atoms with Crippen LogP contribution >= 0.6 is 11.6 Å². The van der Waals surface area contributed by atoms with Crippen LogP contribution in [0.1, 0.15) is 12.8 Å². The standard InChI is InChI=1S/C19H23ClN8O2/c1-27-17(29)12-14(10-2-5-23-15(22)13(10)20)25-26-16(12)24-18(27)28-6-3-19(4-7-28)9-30-8-11(19)21/h2,5,11H,3-4,6-9,21H2,1H3,(H2,22,23)(H,25,26). The third kappa shape index (κ3) is 2.78. The molecule has 0 saturated carbocycles. The van der Waals surface area contributed by atoms with Crippen molar-refractivity contribution in [3.63, 3.8) is 0 Å². The van der Waals surface area contributed by atoms with Gasteiger partial charge in [-0.05, 0) is 18.9 Å². The Labute approximate surface area is 177 Å². The predicted molar refractivity (Wildman–Crippen MR) is 114 cm³/mol. The molecule has 11 heteroatoms. The topological polar surface area (TPSA) is 141 Å². The second kappa shape index (κ2) is 6.93. The molecular weight excluding hydrogens is 408 g/mol. The zero-order valence-corrected chi connectivity index (χ0v) is 17.3. The predicted octanol–water partition coefficient (Wildman–Crippen LogP) is 0.898. The molecule has 158 valence electrons. The summed E-state index contributed by atoms with van der Waals surface area (Å²) in [5, 5.41) is 7.80. The number of nitrogens with zero attached hydrogens (tertiary/aromatic N) is 5. The molecule has 3 aromatic rings. The minimum Gasteiger partial charge on any atom is -0.382 e. The average Bonchev–Trinajstić information content (AvgIpc) is 3.32. The molecular formula is C19H23ClN8O2. The Morgan fingerprint density at radius 2 is 2.13 bits per heavy atom. The monoisotopic (exact) mass is 430 g/mol. The molecule has 2 aliphatic heterocycles. The molecule has 0 amide bonds. The number of fused-ring (bicyclic) bond motifs is 1. The molecule has 0 aromatic carbocycles. The van der Waals surface area contributed by atoms with E-state index in [-0.39, 0.29) is 27.9 Å². The summed E-state index contributed by atoms with van der Waals surface area (Å²) in [5.74, 6) is 0.780. The maximum Gasteiger partial charge on any atom is 0.266 e. The minimum absolute atomic E-state index is 0.0248. The number of nitrogens with one attached hydrogen (secondary N) is 1. The van der Waals surface area contributed by atoms with E-state index in [0.717, 1.165) is 25.9 Å². The van der Waals surface area contributed by atoms with Gasteiger partial charge in [0.25, 0.3) is 5.56 Å². The normalized spacial score (nSPS) is 21.0. The second-order valence-corrected chi connectivity index (χ2v) is 8.48. The van der Waals surface area contributed by atoms with Gasteiger partial charge in [0.15, 0.2) is 5.65 Å². The van der Waals surface area contributed by atoms with Crippen molar-refractivity contribution in [3.05, 3.63) is 27.6 Å². The first-order valence-corrected chi connectivity index (χ1v) is 10.2. The largest absolute Gasteiger partial charge is 0.382 e. The van der Waals surface area contributed by atoms with Gasteiger partial charge in [0.05, 0.1) is 23.9 Å². The molecule has 2 saturated heterocycles. The van der Waals surface area contributed by atoms with Gasteiger partial charge in [-0.15, -0.1) is 0 Å². The Morgan fingerprint density at radius 1 is 1.37 bits per heavy atom. The lowest BCUT2D eigenvalue weighted by atomic mass is 9.75. The zero-order chi connectivity index (χ0) is 21.0. The van der Waals surface area contributed by atoms with Gasteiger partial charge in [0.1, 0.15) is 11.2 Å². The fourth-order valence-electron chi connectivity index (χ4n) is 4.52. The maximum atomic E-state index is 13.3. The van der Waals surface area contributed by atoms with Gasteiger partial charge in [-0.2, -0.15) is 10.1 Å². The summed E-state index contributed by atoms with van der Waals surface area (Å²) in [6, 6.07) is 1.75. The first kappa shape index (κ1) is 19.3. The Balaban J connectivity index is 1.53. The molecule has 10 nitrogen and oxygen atoms in total. The molecule has 0 bridgehead atoms. The van der Waals surface area contributed by atoms with Crippen LogP contribution in [0.2, 0.25) is 5.02 Å². The molecule has 5 heterocycles. The van der Waals surface area contributed by atoms with Crippen LogP contribution in [0.5, 0.6) is 0 Å². The Bertz CT molecular complexity index is 1180. The van der Waals surface area contributed by atoms with E-state index in [2.05, 4.69) is 25.1 Å². The van der Waals surface area contributed by atoms with Gasteiger partial charge in [-0.3, -0.25) is 14.5 Å². The van der Waals surface area contributed by atoms with Crippen LogP contribution in [0.4, 0.5) is 11.8 Å². The molecule has 30 heavy (non-hydrogen) atoms. The number of hydrogen-bond acceptors (Lipinski definition) is 8. The average molecular weight is 431 g/mol. The highest BCUT2D eigenvalue weighted by molar-refractivity contribution is 6.35. The number of aromatic nitrogens is 5. The van der Waals surface area contributed by atoms with Crippen LogP contribution in [-0.2, 0) is 11.8 Å². The molecule has 0 radical (unpaired) electrons. The molecule has 2 aliphatic rings. The van der Waals surface area contributed by atoms with Crippen molar-refractivity contribution < 1.29 is 4.74 Å². The van der Waals surface area contributed by atoms with E-state index in [1.54, 1.807) is 17.7 Å². The van der Waals surface area contributed by atoms with Crippen LogP contribution in [0.25, 0.3) is 22.3 Å². The molecule has 2 fully saturated rings. The number of H-pyrrole nitrogens is 1. The first-order chi connectivity index (χ1) is 14.4. The summed E-state index contributed by atoms with van der Waals surface area (Å²) >= 11 is 6.31. The lowest BCUT2D eigenvalue weighted by Gasteiger charge is -2.41. The molecule has 3 aromatic heterocycles. The number of ether oxygens (including phenoxy) is 1. The number of rotatable bonds is 2. The second-order valence-electron chi connectivity index (χ2n) is 8.10. The Morgan fingerprint density at radius 3 is 2.83 bits per heavy atom. The van der Waals surface area contributed by atoms with E-state index in [9.17, 15) is 4.79 Å². The molecule has 1 spiro atoms. The fourth-order valence-corrected chi connectivity index (χ4v) is 4.72. The summed E-state index contributed by atoms with van der Waals surface area (Å²) in [4.78, 5) is 24.0. The quantitative estimate of drug-likeness (QED) is 0.544. The third-order valence-corrected chi connectivity index (χ3v) is 6.87. The number of nitrogen functional groups attached to an aromatic ring is 1. The zero-order valence-electron chi connectivity index (χ0n) is 16.6. The van der Waals surface area contributed by atoms with E-state index >= 15 is 0 Å². The van der Waals surface area contributed by atoms with Gasteiger partial charge >= 0.3 is 0 Å². The SMILES string of the molecule is Cn1c(N2CCC3(CC2)COCC3N)nc2n[nH]c(-c3ccnc(N)c3Cl)c2c1=O. The van der Waals surface area contributed by atoms with Crippen molar-refractivity contribution in [3.8, 4) is 11.3 Å². The Kier molecular flexibility index (Phi) is 4.46. The summed E-state index contributed by atoms with van der Waals surface area (Å²) in [5.41, 5.74) is 13.3. The number of hydrogen-bond donors (Lipinski definition) is 3. The number of pyridine rings is 1. The number of halogens is 1. The van der Waals surface area contributed by atoms with E-state index in [1.807, 2.05) is 0 Å². The summed E-state index contributed by atoms with van der Waals surface area (Å²) < 4.78 is 7.16. The fraction of sp³-hybridized carbons (Fsp3) is 0.474. The number of anilines is 2. The van der Waals surface area contributed by atoms with Crippen molar-refractivity contribution in [2.24, 2.45) is 18.2 Å². The maximum absolute atomic E-state index is 13.3. The number of nitrogens with two attached hydrogens (primary N) is 2. The van der Waals surface area contributed by atoms with Crippen LogP contribution in [0.3, 0.4) is 0 Å². The summed E-state index contributed by atoms with van der Waals surface area (Å²) in [6.45, 7) is 2.83. The smallest absolute Gasteiger partial charge is 0.266 e. The van der Waals surface area contributed by atoms with Crippen molar-refractivity contribution in [1.29, 1.82) is 0 Å². The molecule has 1 atom stereocenters. The van der Waals surface area contributed by atoms with Gasteiger partial charge in [-0.1, -0.05) is 11.6 Å².